The van der Waals surface area contributed by atoms with E-state index in [1.807, 2.05) is 91.0 Å². The normalized spacial score (nSPS) is 27.1. The molecule has 13 nitrogen and oxygen atoms in total. The Balaban J connectivity index is 1.47. The van der Waals surface area contributed by atoms with Crippen LogP contribution in [0.5, 0.6) is 0 Å². The minimum Gasteiger partial charge on any atom is -0.463 e. The molecule has 0 aromatic heterocycles. The smallest absolute Gasteiger partial charge is 0.303 e. The first-order valence-corrected chi connectivity index (χ1v) is 17.6. The van der Waals surface area contributed by atoms with Gasteiger partial charge in [-0.25, -0.2) is 0 Å². The average Bonchev–Trinajstić information content (AvgIpc) is 3.15. The van der Waals surface area contributed by atoms with Gasteiger partial charge in [-0.1, -0.05) is 91.0 Å². The molecular weight excluding hydrogens is 688 g/mol. The monoisotopic (exact) mass is 736 g/mol. The highest BCUT2D eigenvalue weighted by molar-refractivity contribution is 5.67. The van der Waals surface area contributed by atoms with Crippen LogP contribution in [0.3, 0.4) is 0 Å². The third-order valence-corrected chi connectivity index (χ3v) is 8.65. The van der Waals surface area contributed by atoms with Crippen LogP contribution in [0, 0.1) is 0 Å². The summed E-state index contributed by atoms with van der Waals surface area (Å²) in [5.41, 5.74) is 2.81. The van der Waals surface area contributed by atoms with Gasteiger partial charge in [-0.3, -0.25) is 14.4 Å². The highest BCUT2D eigenvalue weighted by Crippen LogP contribution is 2.34. The first kappa shape index (κ1) is 40.0. The number of carbonyl (C=O) groups is 3. The lowest BCUT2D eigenvalue weighted by molar-refractivity contribution is -0.352. The molecule has 0 amide bonds. The molecule has 3 aromatic rings. The quantitative estimate of drug-likeness (QED) is 0.140. The average molecular weight is 737 g/mol. The number of benzene rings is 3. The summed E-state index contributed by atoms with van der Waals surface area (Å²) in [6, 6.07) is 29.1. The van der Waals surface area contributed by atoms with E-state index in [0.29, 0.717) is 6.61 Å². The minimum atomic E-state index is -1.08. The second kappa shape index (κ2) is 20.3. The van der Waals surface area contributed by atoms with E-state index in [4.69, 9.17) is 47.4 Å². The van der Waals surface area contributed by atoms with E-state index in [-0.39, 0.29) is 32.8 Å². The summed E-state index contributed by atoms with van der Waals surface area (Å²) in [6.45, 7) is 4.24. The van der Waals surface area contributed by atoms with Gasteiger partial charge < -0.3 is 47.4 Å². The van der Waals surface area contributed by atoms with E-state index >= 15 is 0 Å². The number of methoxy groups -OCH3 is 1. The van der Waals surface area contributed by atoms with Crippen LogP contribution in [0.25, 0.3) is 0 Å². The highest BCUT2D eigenvalue weighted by Gasteiger charge is 2.52. The SMILES string of the molecule is CO[C@H]1O[C@H](COCc2ccccc2)[C@@H](O[C@H]2C[C@@H](OC(C)=O)[C@H](OC(C)=O)[C@@H](COC(C)=O)O2)[C@H](OCc2ccccc2)[C@H]1OCc1ccccc1. The molecule has 0 aliphatic carbocycles. The van der Waals surface area contributed by atoms with Gasteiger partial charge in [-0.15, -0.1) is 0 Å². The third-order valence-electron chi connectivity index (χ3n) is 8.65. The van der Waals surface area contributed by atoms with Crippen molar-refractivity contribution in [1.82, 2.24) is 0 Å². The van der Waals surface area contributed by atoms with Gasteiger partial charge in [0.1, 0.15) is 43.2 Å². The van der Waals surface area contributed by atoms with Crippen molar-refractivity contribution in [2.24, 2.45) is 0 Å². The predicted octanol–water partition coefficient (Wildman–Crippen LogP) is 4.67. The van der Waals surface area contributed by atoms with Crippen molar-refractivity contribution in [3.63, 3.8) is 0 Å². The van der Waals surface area contributed by atoms with E-state index in [2.05, 4.69) is 0 Å². The van der Waals surface area contributed by atoms with Crippen molar-refractivity contribution in [3.8, 4) is 0 Å². The van der Waals surface area contributed by atoms with Crippen LogP contribution >= 0.6 is 0 Å². The Morgan fingerprint density at radius 1 is 0.604 bits per heavy atom. The second-order valence-corrected chi connectivity index (χ2v) is 12.8. The fourth-order valence-electron chi connectivity index (χ4n) is 6.29. The fourth-order valence-corrected chi connectivity index (χ4v) is 6.29. The molecule has 9 atom stereocenters. The van der Waals surface area contributed by atoms with Crippen LogP contribution in [0.2, 0.25) is 0 Å². The lowest BCUT2D eigenvalue weighted by Gasteiger charge is -2.47. The van der Waals surface area contributed by atoms with Crippen LogP contribution < -0.4 is 0 Å². The van der Waals surface area contributed by atoms with Crippen LogP contribution in [0.4, 0.5) is 0 Å². The van der Waals surface area contributed by atoms with Gasteiger partial charge in [-0.05, 0) is 16.7 Å². The van der Waals surface area contributed by atoms with E-state index in [1.54, 1.807) is 0 Å². The Morgan fingerprint density at radius 3 is 1.66 bits per heavy atom. The minimum absolute atomic E-state index is 0.0309. The number of esters is 3. The molecule has 0 radical (unpaired) electrons. The second-order valence-electron chi connectivity index (χ2n) is 12.8. The zero-order chi connectivity index (χ0) is 37.6. The van der Waals surface area contributed by atoms with Crippen molar-refractivity contribution in [2.75, 3.05) is 20.3 Å². The van der Waals surface area contributed by atoms with Crippen molar-refractivity contribution < 1.29 is 61.8 Å². The van der Waals surface area contributed by atoms with Gasteiger partial charge in [0.2, 0.25) is 0 Å². The number of ether oxygens (including phenoxy) is 10. The van der Waals surface area contributed by atoms with Crippen molar-refractivity contribution >= 4 is 17.9 Å². The summed E-state index contributed by atoms with van der Waals surface area (Å²) in [5.74, 6) is -1.80. The Morgan fingerprint density at radius 2 is 1.13 bits per heavy atom. The molecule has 2 heterocycles. The summed E-state index contributed by atoms with van der Waals surface area (Å²) < 4.78 is 61.3. The summed E-state index contributed by atoms with van der Waals surface area (Å²) in [6.07, 6.45) is -8.36. The summed E-state index contributed by atoms with van der Waals surface area (Å²) in [5, 5.41) is 0. The zero-order valence-electron chi connectivity index (χ0n) is 30.4. The highest BCUT2D eigenvalue weighted by atomic mass is 16.8. The van der Waals surface area contributed by atoms with Crippen LogP contribution in [-0.4, -0.2) is 93.5 Å². The molecular formula is C40H48O13. The van der Waals surface area contributed by atoms with Crippen molar-refractivity contribution in [3.05, 3.63) is 108 Å². The molecule has 3 aromatic carbocycles. The molecule has 2 aliphatic rings. The summed E-state index contributed by atoms with van der Waals surface area (Å²) in [7, 11) is 1.53. The van der Waals surface area contributed by atoms with Crippen LogP contribution in [0.15, 0.2) is 91.0 Å². The largest absolute Gasteiger partial charge is 0.463 e. The standard InChI is InChI=1S/C40H48O13/c1-26(41)46-25-34-36(50-28(3)43)32(49-27(2)42)20-35(51-34)53-37-33(24-45-21-29-14-8-5-9-15-29)52-40(44-4)39(48-23-31-18-12-7-13-19-31)38(37)47-22-30-16-10-6-11-17-30/h5-19,32-40H,20-25H2,1-4H3/t32-,33-,34-,35+,36+,37-,38+,39-,40+/m1/s1. The maximum Gasteiger partial charge on any atom is 0.303 e. The molecule has 0 spiro atoms. The lowest BCUT2D eigenvalue weighted by Crippen LogP contribution is -2.63. The summed E-state index contributed by atoms with van der Waals surface area (Å²) >= 11 is 0. The van der Waals surface area contributed by atoms with Gasteiger partial charge in [0.15, 0.2) is 18.7 Å². The van der Waals surface area contributed by atoms with Gasteiger partial charge in [0.25, 0.3) is 0 Å². The molecule has 2 saturated heterocycles. The summed E-state index contributed by atoms with van der Waals surface area (Å²) in [4.78, 5) is 36.2. The van der Waals surface area contributed by atoms with Crippen molar-refractivity contribution in [1.29, 1.82) is 0 Å². The molecule has 0 unspecified atom stereocenters. The molecule has 5 rings (SSSR count). The van der Waals surface area contributed by atoms with Gasteiger partial charge in [-0.2, -0.15) is 0 Å². The number of carbonyl (C=O) groups excluding carboxylic acids is 3. The molecule has 0 bridgehead atoms. The maximum atomic E-state index is 12.3. The predicted molar refractivity (Wildman–Crippen MR) is 188 cm³/mol. The third kappa shape index (κ3) is 12.2. The molecule has 2 fully saturated rings. The topological polar surface area (TPSA) is 144 Å². The Bertz CT molecular complexity index is 1560. The molecule has 286 valence electrons. The lowest BCUT2D eigenvalue weighted by atomic mass is 9.97. The number of hydrogen-bond donors (Lipinski definition) is 0. The molecule has 0 N–H and O–H groups in total. The van der Waals surface area contributed by atoms with E-state index in [0.717, 1.165) is 16.7 Å². The van der Waals surface area contributed by atoms with E-state index < -0.39 is 73.2 Å². The Labute approximate surface area is 309 Å². The number of hydrogen-bond acceptors (Lipinski definition) is 13. The molecule has 0 saturated carbocycles. The first-order chi connectivity index (χ1) is 25.7. The molecule has 53 heavy (non-hydrogen) atoms. The number of rotatable bonds is 17. The van der Waals surface area contributed by atoms with E-state index in [9.17, 15) is 14.4 Å². The Kier molecular flexibility index (Phi) is 15.3. The fraction of sp³-hybridized carbons (Fsp3) is 0.475. The maximum absolute atomic E-state index is 12.3. The van der Waals surface area contributed by atoms with E-state index in [1.165, 1.54) is 27.9 Å². The van der Waals surface area contributed by atoms with Gasteiger partial charge in [0.05, 0.1) is 26.4 Å². The molecule has 13 heteroatoms. The zero-order valence-corrected chi connectivity index (χ0v) is 30.4. The van der Waals surface area contributed by atoms with Crippen LogP contribution in [0.1, 0.15) is 43.9 Å². The Hall–Kier alpha value is -4.21. The molecule has 2 aliphatic heterocycles. The van der Waals surface area contributed by atoms with Gasteiger partial charge in [0, 0.05) is 34.3 Å². The van der Waals surface area contributed by atoms with Gasteiger partial charge >= 0.3 is 17.9 Å². The van der Waals surface area contributed by atoms with Crippen molar-refractivity contribution in [2.45, 2.75) is 102 Å². The first-order valence-electron chi connectivity index (χ1n) is 17.6. The van der Waals surface area contributed by atoms with Crippen LogP contribution in [-0.2, 0) is 81.6 Å².